The number of rotatable bonds is 1. The number of aryl methyl sites for hydroxylation is 1. The second kappa shape index (κ2) is 3.63. The minimum atomic E-state index is 0.608. The first kappa shape index (κ1) is 9.91. The van der Waals surface area contributed by atoms with Crippen LogP contribution in [0.4, 0.5) is 0 Å². The first-order valence-electron chi connectivity index (χ1n) is 6.05. The fraction of sp³-hybridized carbons (Fsp3) is 0.429. The monoisotopic (exact) mass is 214 g/mol. The Balaban J connectivity index is 2.18. The Morgan fingerprint density at radius 3 is 2.88 bits per heavy atom. The lowest BCUT2D eigenvalue weighted by atomic mass is 10.0. The number of fused-ring (bicyclic) bond motifs is 1. The molecule has 16 heavy (non-hydrogen) atoms. The van der Waals surface area contributed by atoms with Crippen LogP contribution in [0.2, 0.25) is 0 Å². The number of para-hydroxylation sites is 1. The fourth-order valence-electron chi connectivity index (χ4n) is 3.00. The normalized spacial score (nSPS) is 22.0. The van der Waals surface area contributed by atoms with Gasteiger partial charge in [-0.05, 0) is 45.0 Å². The molecule has 0 saturated carbocycles. The minimum Gasteiger partial charge on any atom is -0.358 e. The molecule has 1 aliphatic heterocycles. The molecule has 0 unspecified atom stereocenters. The van der Waals surface area contributed by atoms with E-state index in [-0.39, 0.29) is 0 Å². The summed E-state index contributed by atoms with van der Waals surface area (Å²) in [4.78, 5) is 5.97. The van der Waals surface area contributed by atoms with Crippen molar-refractivity contribution in [1.29, 1.82) is 0 Å². The maximum absolute atomic E-state index is 3.50. The zero-order valence-corrected chi connectivity index (χ0v) is 9.96. The average molecular weight is 214 g/mol. The molecule has 0 bridgehead atoms. The van der Waals surface area contributed by atoms with Crippen molar-refractivity contribution in [2.45, 2.75) is 25.8 Å². The second-order valence-electron chi connectivity index (χ2n) is 4.85. The number of benzene rings is 1. The highest BCUT2D eigenvalue weighted by Crippen LogP contribution is 2.36. The van der Waals surface area contributed by atoms with Gasteiger partial charge in [0.1, 0.15) is 0 Å². The van der Waals surface area contributed by atoms with Crippen LogP contribution in [0.25, 0.3) is 10.9 Å². The first-order chi connectivity index (χ1) is 7.77. The van der Waals surface area contributed by atoms with Gasteiger partial charge in [0.15, 0.2) is 0 Å². The lowest BCUT2D eigenvalue weighted by Gasteiger charge is -2.20. The van der Waals surface area contributed by atoms with E-state index in [0.717, 1.165) is 0 Å². The predicted molar refractivity (Wildman–Crippen MR) is 67.6 cm³/mol. The van der Waals surface area contributed by atoms with Gasteiger partial charge >= 0.3 is 0 Å². The van der Waals surface area contributed by atoms with Crippen LogP contribution >= 0.6 is 0 Å². The van der Waals surface area contributed by atoms with Crippen LogP contribution < -0.4 is 0 Å². The molecule has 2 heteroatoms. The molecule has 1 saturated heterocycles. The topological polar surface area (TPSA) is 19.0 Å². The Morgan fingerprint density at radius 2 is 2.12 bits per heavy atom. The van der Waals surface area contributed by atoms with E-state index in [1.165, 1.54) is 41.5 Å². The molecule has 1 N–H and O–H groups in total. The van der Waals surface area contributed by atoms with Gasteiger partial charge < -0.3 is 4.98 Å². The molecule has 1 aliphatic rings. The van der Waals surface area contributed by atoms with Gasteiger partial charge in [-0.1, -0.05) is 18.2 Å². The van der Waals surface area contributed by atoms with Gasteiger partial charge in [-0.3, -0.25) is 4.90 Å². The summed E-state index contributed by atoms with van der Waals surface area (Å²) in [6.07, 6.45) is 2.61. The van der Waals surface area contributed by atoms with Gasteiger partial charge in [0.05, 0.1) is 0 Å². The Morgan fingerprint density at radius 1 is 1.31 bits per heavy atom. The van der Waals surface area contributed by atoms with Crippen molar-refractivity contribution in [3.05, 3.63) is 35.5 Å². The largest absolute Gasteiger partial charge is 0.358 e. The summed E-state index contributed by atoms with van der Waals surface area (Å²) in [5, 5.41) is 1.40. The third-order valence-electron chi connectivity index (χ3n) is 3.80. The molecule has 1 atom stereocenters. The maximum atomic E-state index is 3.50. The number of aromatic nitrogens is 1. The van der Waals surface area contributed by atoms with E-state index in [2.05, 4.69) is 48.1 Å². The zero-order chi connectivity index (χ0) is 11.1. The summed E-state index contributed by atoms with van der Waals surface area (Å²) in [6, 6.07) is 9.24. The number of H-pyrrole nitrogens is 1. The number of nitrogens with one attached hydrogen (secondary N) is 1. The molecule has 0 aliphatic carbocycles. The molecule has 0 spiro atoms. The Labute approximate surface area is 96.3 Å². The number of aromatic amines is 1. The number of hydrogen-bond donors (Lipinski definition) is 1. The maximum Gasteiger partial charge on any atom is 0.0459 e. The van der Waals surface area contributed by atoms with Crippen LogP contribution in [0.15, 0.2) is 24.3 Å². The van der Waals surface area contributed by atoms with Crippen molar-refractivity contribution in [2.24, 2.45) is 0 Å². The van der Waals surface area contributed by atoms with Crippen molar-refractivity contribution < 1.29 is 0 Å². The SMILES string of the molecule is Cc1[nH]c2ccccc2c1[C@@H]1CCCN1C. The number of nitrogens with zero attached hydrogens (tertiary/aromatic N) is 1. The van der Waals surface area contributed by atoms with E-state index < -0.39 is 0 Å². The number of hydrogen-bond acceptors (Lipinski definition) is 1. The molecule has 2 heterocycles. The molecule has 3 rings (SSSR count). The van der Waals surface area contributed by atoms with Gasteiger partial charge in [-0.15, -0.1) is 0 Å². The third-order valence-corrected chi connectivity index (χ3v) is 3.80. The fourth-order valence-corrected chi connectivity index (χ4v) is 3.00. The van der Waals surface area contributed by atoms with Crippen molar-refractivity contribution in [1.82, 2.24) is 9.88 Å². The predicted octanol–water partition coefficient (Wildman–Crippen LogP) is 3.24. The molecular weight excluding hydrogens is 196 g/mol. The van der Waals surface area contributed by atoms with Crippen molar-refractivity contribution in [3.63, 3.8) is 0 Å². The van der Waals surface area contributed by atoms with Crippen LogP contribution in [0.1, 0.15) is 30.1 Å². The van der Waals surface area contributed by atoms with Crippen LogP contribution in [-0.4, -0.2) is 23.5 Å². The summed E-state index contributed by atoms with van der Waals surface area (Å²) in [5.74, 6) is 0. The van der Waals surface area contributed by atoms with Crippen LogP contribution in [0.5, 0.6) is 0 Å². The average Bonchev–Trinajstić information content (AvgIpc) is 2.81. The summed E-state index contributed by atoms with van der Waals surface area (Å²) in [6.45, 7) is 3.42. The summed E-state index contributed by atoms with van der Waals surface area (Å²) >= 11 is 0. The van der Waals surface area contributed by atoms with Gasteiger partial charge in [0, 0.05) is 22.6 Å². The lowest BCUT2D eigenvalue weighted by Crippen LogP contribution is -2.17. The zero-order valence-electron chi connectivity index (χ0n) is 9.96. The van der Waals surface area contributed by atoms with Crippen LogP contribution in [0, 0.1) is 6.92 Å². The first-order valence-corrected chi connectivity index (χ1v) is 6.05. The van der Waals surface area contributed by atoms with Gasteiger partial charge in [-0.2, -0.15) is 0 Å². The standard InChI is InChI=1S/C14H18N2/c1-10-14(13-8-5-9-16(13)2)11-6-3-4-7-12(11)15-10/h3-4,6-7,13,15H,5,8-9H2,1-2H3/t13-/m0/s1. The molecule has 2 nitrogen and oxygen atoms in total. The smallest absolute Gasteiger partial charge is 0.0459 e. The molecule has 1 aromatic heterocycles. The van der Waals surface area contributed by atoms with Crippen molar-refractivity contribution in [2.75, 3.05) is 13.6 Å². The van der Waals surface area contributed by atoms with Crippen molar-refractivity contribution >= 4 is 10.9 Å². The van der Waals surface area contributed by atoms with Crippen LogP contribution in [0.3, 0.4) is 0 Å². The number of likely N-dealkylation sites (tertiary alicyclic amines) is 1. The summed E-state index contributed by atoms with van der Waals surface area (Å²) < 4.78 is 0. The molecule has 1 aromatic carbocycles. The quantitative estimate of drug-likeness (QED) is 0.772. The van der Waals surface area contributed by atoms with Gasteiger partial charge in [0.25, 0.3) is 0 Å². The molecule has 1 fully saturated rings. The second-order valence-corrected chi connectivity index (χ2v) is 4.85. The Kier molecular flexibility index (Phi) is 2.25. The van der Waals surface area contributed by atoms with E-state index >= 15 is 0 Å². The lowest BCUT2D eigenvalue weighted by molar-refractivity contribution is 0.318. The summed E-state index contributed by atoms with van der Waals surface area (Å²) in [7, 11) is 2.24. The Bertz CT molecular complexity index is 512. The van der Waals surface area contributed by atoms with Gasteiger partial charge in [-0.25, -0.2) is 0 Å². The highest BCUT2D eigenvalue weighted by atomic mass is 15.1. The highest BCUT2D eigenvalue weighted by molar-refractivity contribution is 5.85. The molecule has 0 amide bonds. The van der Waals surface area contributed by atoms with Crippen molar-refractivity contribution in [3.8, 4) is 0 Å². The van der Waals surface area contributed by atoms with Crippen LogP contribution in [-0.2, 0) is 0 Å². The summed E-state index contributed by atoms with van der Waals surface area (Å²) in [5.41, 5.74) is 4.12. The highest BCUT2D eigenvalue weighted by Gasteiger charge is 2.26. The van der Waals surface area contributed by atoms with E-state index in [4.69, 9.17) is 0 Å². The molecule has 84 valence electrons. The minimum absolute atomic E-state index is 0.608. The van der Waals surface area contributed by atoms with E-state index in [9.17, 15) is 0 Å². The van der Waals surface area contributed by atoms with E-state index in [0.29, 0.717) is 6.04 Å². The van der Waals surface area contributed by atoms with E-state index in [1.807, 2.05) is 0 Å². The molecule has 2 aromatic rings. The van der Waals surface area contributed by atoms with E-state index in [1.54, 1.807) is 0 Å². The van der Waals surface area contributed by atoms with Gasteiger partial charge in [0.2, 0.25) is 0 Å². The molecular formula is C14H18N2. The third kappa shape index (κ3) is 1.37. The molecule has 0 radical (unpaired) electrons. The Hall–Kier alpha value is -1.28.